The highest BCUT2D eigenvalue weighted by atomic mass is 32.2. The van der Waals surface area contributed by atoms with Gasteiger partial charge in [-0.1, -0.05) is 24.3 Å². The van der Waals surface area contributed by atoms with E-state index in [1.807, 2.05) is 0 Å². The number of amides is 1. The van der Waals surface area contributed by atoms with E-state index in [4.69, 9.17) is 4.74 Å². The molecule has 0 aliphatic heterocycles. The van der Waals surface area contributed by atoms with Gasteiger partial charge in [-0.2, -0.15) is 0 Å². The van der Waals surface area contributed by atoms with E-state index in [1.54, 1.807) is 18.2 Å². The number of hydrogen-bond donors (Lipinski definition) is 2. The fourth-order valence-electron chi connectivity index (χ4n) is 2.64. The molecular weight excluding hydrogens is 410 g/mol. The van der Waals surface area contributed by atoms with Crippen LogP contribution in [0.5, 0.6) is 5.75 Å². The molecule has 0 spiro atoms. The maximum Gasteiger partial charge on any atom is 0.271 e. The number of nitro groups is 1. The van der Waals surface area contributed by atoms with Crippen LogP contribution in [0.15, 0.2) is 77.7 Å². The summed E-state index contributed by atoms with van der Waals surface area (Å²) in [6.45, 7) is 0. The molecule has 0 unspecified atom stereocenters. The Hall–Kier alpha value is -3.92. The highest BCUT2D eigenvalue weighted by Gasteiger charge is 2.17. The molecule has 0 saturated heterocycles. The molecule has 0 aliphatic rings. The topological polar surface area (TPSA) is 128 Å². The minimum Gasteiger partial charge on any atom is -0.495 e. The lowest BCUT2D eigenvalue weighted by atomic mass is 10.2. The summed E-state index contributed by atoms with van der Waals surface area (Å²) in [5.41, 5.74) is 0.247. The van der Waals surface area contributed by atoms with Crippen LogP contribution in [-0.2, 0) is 10.0 Å². The molecule has 0 saturated carbocycles. The number of anilines is 2. The minimum absolute atomic E-state index is 0.0844. The van der Waals surface area contributed by atoms with Gasteiger partial charge in [0.1, 0.15) is 5.75 Å². The van der Waals surface area contributed by atoms with E-state index in [0.717, 1.165) is 0 Å². The van der Waals surface area contributed by atoms with Gasteiger partial charge in [-0.15, -0.1) is 0 Å². The Morgan fingerprint density at radius 3 is 2.40 bits per heavy atom. The highest BCUT2D eigenvalue weighted by Crippen LogP contribution is 2.29. The number of nitrogens with one attached hydrogen (secondary N) is 2. The summed E-state index contributed by atoms with van der Waals surface area (Å²) in [7, 11) is -2.45. The fourth-order valence-corrected chi connectivity index (χ4v) is 3.71. The number of non-ortho nitro benzene ring substituents is 1. The Morgan fingerprint density at radius 2 is 1.73 bits per heavy atom. The van der Waals surface area contributed by atoms with Crippen molar-refractivity contribution in [3.05, 3.63) is 88.5 Å². The molecule has 0 aromatic heterocycles. The third-order valence-electron chi connectivity index (χ3n) is 4.07. The van der Waals surface area contributed by atoms with Crippen LogP contribution in [0.3, 0.4) is 0 Å². The molecule has 3 aromatic carbocycles. The van der Waals surface area contributed by atoms with Crippen molar-refractivity contribution in [3.8, 4) is 5.75 Å². The Labute approximate surface area is 172 Å². The molecule has 0 radical (unpaired) electrons. The molecule has 0 atom stereocenters. The van der Waals surface area contributed by atoms with E-state index in [9.17, 15) is 23.3 Å². The predicted octanol–water partition coefficient (Wildman–Crippen LogP) is 3.66. The maximum absolute atomic E-state index is 12.6. The summed E-state index contributed by atoms with van der Waals surface area (Å²) in [5.74, 6) is -0.343. The molecule has 2 N–H and O–H groups in total. The van der Waals surface area contributed by atoms with Crippen molar-refractivity contribution in [1.29, 1.82) is 0 Å². The van der Waals surface area contributed by atoms with Crippen LogP contribution >= 0.6 is 0 Å². The van der Waals surface area contributed by atoms with E-state index < -0.39 is 20.9 Å². The number of rotatable bonds is 7. The van der Waals surface area contributed by atoms with Crippen molar-refractivity contribution in [2.24, 2.45) is 0 Å². The van der Waals surface area contributed by atoms with E-state index in [2.05, 4.69) is 10.0 Å². The second-order valence-electron chi connectivity index (χ2n) is 6.10. The van der Waals surface area contributed by atoms with Gasteiger partial charge in [0.2, 0.25) is 0 Å². The number of sulfonamides is 1. The Bertz CT molecular complexity index is 1200. The molecule has 9 nitrogen and oxygen atoms in total. The molecule has 0 fully saturated rings. The lowest BCUT2D eigenvalue weighted by Gasteiger charge is -2.12. The Balaban J connectivity index is 1.84. The average Bonchev–Trinajstić information content (AvgIpc) is 2.74. The standard InChI is InChI=1S/C20H17N3O6S/c1-29-19-11-10-16(23(25)26)13-18(19)21-20(24)14-6-5-7-15(12-14)22-30(27,28)17-8-3-2-4-9-17/h2-13,22H,1H3,(H,21,24). The van der Waals surface area contributed by atoms with Crippen molar-refractivity contribution < 1.29 is 22.9 Å². The molecule has 0 aliphatic carbocycles. The largest absolute Gasteiger partial charge is 0.495 e. The molecule has 0 bridgehead atoms. The molecule has 10 heteroatoms. The first-order valence-corrected chi connectivity index (χ1v) is 10.1. The SMILES string of the molecule is COc1ccc([N+](=O)[O-])cc1NC(=O)c1cccc(NS(=O)(=O)c2ccccc2)c1. The van der Waals surface area contributed by atoms with Crippen molar-refractivity contribution in [2.45, 2.75) is 4.90 Å². The zero-order valence-electron chi connectivity index (χ0n) is 15.7. The minimum atomic E-state index is -3.82. The second kappa shape index (κ2) is 8.62. The van der Waals surface area contributed by atoms with Crippen LogP contribution in [0.2, 0.25) is 0 Å². The number of ether oxygens (including phenoxy) is 1. The molecule has 154 valence electrons. The summed E-state index contributed by atoms with van der Waals surface area (Å²) in [5, 5.41) is 13.5. The van der Waals surface area contributed by atoms with Gasteiger partial charge in [-0.3, -0.25) is 19.6 Å². The van der Waals surface area contributed by atoms with E-state index >= 15 is 0 Å². The predicted molar refractivity (Wildman–Crippen MR) is 111 cm³/mol. The van der Waals surface area contributed by atoms with Crippen LogP contribution in [0, 0.1) is 10.1 Å². The normalized spacial score (nSPS) is 10.8. The van der Waals surface area contributed by atoms with E-state index in [-0.39, 0.29) is 33.3 Å². The third-order valence-corrected chi connectivity index (χ3v) is 5.47. The number of carbonyl (C=O) groups is 1. The quantitative estimate of drug-likeness (QED) is 0.437. The number of nitro benzene ring substituents is 1. The zero-order chi connectivity index (χ0) is 21.7. The molecule has 0 heterocycles. The van der Waals surface area contributed by atoms with Crippen molar-refractivity contribution in [1.82, 2.24) is 0 Å². The monoisotopic (exact) mass is 427 g/mol. The van der Waals surface area contributed by atoms with Crippen LogP contribution < -0.4 is 14.8 Å². The first kappa shape index (κ1) is 20.8. The van der Waals surface area contributed by atoms with Gasteiger partial charge in [-0.25, -0.2) is 8.42 Å². The first-order valence-electron chi connectivity index (χ1n) is 8.62. The summed E-state index contributed by atoms with van der Waals surface area (Å²) in [6.07, 6.45) is 0. The lowest BCUT2D eigenvalue weighted by molar-refractivity contribution is -0.384. The summed E-state index contributed by atoms with van der Waals surface area (Å²) in [4.78, 5) is 23.1. The summed E-state index contributed by atoms with van der Waals surface area (Å²) in [6, 6.07) is 17.5. The number of carbonyl (C=O) groups excluding carboxylic acids is 1. The van der Waals surface area contributed by atoms with Crippen LogP contribution in [0.25, 0.3) is 0 Å². The van der Waals surface area contributed by atoms with E-state index in [1.165, 1.54) is 61.7 Å². The van der Waals surface area contributed by atoms with Crippen LogP contribution in [-0.4, -0.2) is 26.4 Å². The van der Waals surface area contributed by atoms with E-state index in [0.29, 0.717) is 0 Å². The smallest absolute Gasteiger partial charge is 0.271 e. The van der Waals surface area contributed by atoms with Gasteiger partial charge < -0.3 is 10.1 Å². The Kier molecular flexibility index (Phi) is 5.98. The fraction of sp³-hybridized carbons (Fsp3) is 0.0500. The van der Waals surface area contributed by atoms with Gasteiger partial charge in [-0.05, 0) is 36.4 Å². The first-order chi connectivity index (χ1) is 14.3. The third kappa shape index (κ3) is 4.73. The van der Waals surface area contributed by atoms with Crippen molar-refractivity contribution in [3.63, 3.8) is 0 Å². The van der Waals surface area contributed by atoms with Gasteiger partial charge in [0.15, 0.2) is 0 Å². The maximum atomic E-state index is 12.6. The molecule has 3 rings (SSSR count). The number of hydrogen-bond acceptors (Lipinski definition) is 6. The van der Waals surface area contributed by atoms with Gasteiger partial charge in [0.25, 0.3) is 21.6 Å². The van der Waals surface area contributed by atoms with Crippen LogP contribution in [0.1, 0.15) is 10.4 Å². The Morgan fingerprint density at radius 1 is 1.00 bits per heavy atom. The second-order valence-corrected chi connectivity index (χ2v) is 7.78. The summed E-state index contributed by atoms with van der Waals surface area (Å²) >= 11 is 0. The number of methoxy groups -OCH3 is 1. The highest BCUT2D eigenvalue weighted by molar-refractivity contribution is 7.92. The van der Waals surface area contributed by atoms with Crippen molar-refractivity contribution in [2.75, 3.05) is 17.1 Å². The number of nitrogens with zero attached hydrogens (tertiary/aromatic N) is 1. The molecule has 3 aromatic rings. The average molecular weight is 427 g/mol. The van der Waals surface area contributed by atoms with Crippen molar-refractivity contribution >= 4 is 33.0 Å². The van der Waals surface area contributed by atoms with Gasteiger partial charge >= 0.3 is 0 Å². The lowest BCUT2D eigenvalue weighted by Crippen LogP contribution is -2.15. The number of benzene rings is 3. The molecule has 1 amide bonds. The van der Waals surface area contributed by atoms with Gasteiger partial charge in [0.05, 0.1) is 22.6 Å². The van der Waals surface area contributed by atoms with Crippen LogP contribution in [0.4, 0.5) is 17.1 Å². The zero-order valence-corrected chi connectivity index (χ0v) is 16.5. The van der Waals surface area contributed by atoms with Gasteiger partial charge in [0, 0.05) is 23.4 Å². The molecular formula is C20H17N3O6S. The summed E-state index contributed by atoms with van der Waals surface area (Å²) < 4.78 is 32.5. The molecule has 30 heavy (non-hydrogen) atoms.